The zero-order valence-corrected chi connectivity index (χ0v) is 7.90. The molecule has 11 heavy (non-hydrogen) atoms. The van der Waals surface area contributed by atoms with Gasteiger partial charge in [0.25, 0.3) is 0 Å². The van der Waals surface area contributed by atoms with Gasteiger partial charge in [0.2, 0.25) is 0 Å². The summed E-state index contributed by atoms with van der Waals surface area (Å²) in [6.07, 6.45) is 1.73. The van der Waals surface area contributed by atoms with Crippen molar-refractivity contribution in [3.8, 4) is 0 Å². The quantitative estimate of drug-likeness (QED) is 0.556. The SMILES string of the molecule is CC1C(C=O)=C(Cl)CC1(C)C. The second kappa shape index (κ2) is 2.63. The van der Waals surface area contributed by atoms with Gasteiger partial charge in [-0.05, 0) is 17.8 Å². The maximum Gasteiger partial charge on any atom is 0.147 e. The van der Waals surface area contributed by atoms with Crippen molar-refractivity contribution in [3.63, 3.8) is 0 Å². The molecule has 1 atom stereocenters. The summed E-state index contributed by atoms with van der Waals surface area (Å²) in [7, 11) is 0. The van der Waals surface area contributed by atoms with Crippen LogP contribution >= 0.6 is 11.6 Å². The minimum atomic E-state index is 0.160. The summed E-state index contributed by atoms with van der Waals surface area (Å²) in [5.41, 5.74) is 0.949. The van der Waals surface area contributed by atoms with Gasteiger partial charge in [-0.25, -0.2) is 0 Å². The number of aldehydes is 1. The van der Waals surface area contributed by atoms with E-state index in [2.05, 4.69) is 20.8 Å². The summed E-state index contributed by atoms with van der Waals surface area (Å²) in [6.45, 7) is 6.33. The molecule has 0 spiro atoms. The fourth-order valence-electron chi connectivity index (χ4n) is 1.48. The number of carbonyl (C=O) groups is 1. The number of hydrogen-bond acceptors (Lipinski definition) is 1. The molecule has 0 aliphatic heterocycles. The molecular weight excluding hydrogens is 160 g/mol. The number of rotatable bonds is 1. The average molecular weight is 173 g/mol. The number of halogens is 1. The Morgan fingerprint density at radius 3 is 2.36 bits per heavy atom. The Morgan fingerprint density at radius 1 is 1.64 bits per heavy atom. The van der Waals surface area contributed by atoms with Gasteiger partial charge >= 0.3 is 0 Å². The minimum Gasteiger partial charge on any atom is -0.298 e. The highest BCUT2D eigenvalue weighted by atomic mass is 35.5. The van der Waals surface area contributed by atoms with E-state index in [0.717, 1.165) is 23.3 Å². The summed E-state index contributed by atoms with van der Waals surface area (Å²) >= 11 is 5.91. The van der Waals surface area contributed by atoms with Crippen LogP contribution in [0.5, 0.6) is 0 Å². The first-order chi connectivity index (χ1) is 4.99. The molecule has 1 rings (SSSR count). The van der Waals surface area contributed by atoms with E-state index >= 15 is 0 Å². The van der Waals surface area contributed by atoms with E-state index < -0.39 is 0 Å². The van der Waals surface area contributed by atoms with Crippen molar-refractivity contribution in [2.45, 2.75) is 27.2 Å². The van der Waals surface area contributed by atoms with Crippen molar-refractivity contribution >= 4 is 17.9 Å². The van der Waals surface area contributed by atoms with E-state index in [-0.39, 0.29) is 5.41 Å². The minimum absolute atomic E-state index is 0.160. The van der Waals surface area contributed by atoms with Crippen molar-refractivity contribution < 1.29 is 4.79 Å². The number of allylic oxidation sites excluding steroid dienone is 2. The Labute approximate surface area is 72.4 Å². The second-order valence-electron chi connectivity index (χ2n) is 3.87. The van der Waals surface area contributed by atoms with Gasteiger partial charge < -0.3 is 0 Å². The lowest BCUT2D eigenvalue weighted by Crippen LogP contribution is -2.17. The van der Waals surface area contributed by atoms with Crippen LogP contribution in [-0.2, 0) is 4.79 Å². The van der Waals surface area contributed by atoms with Gasteiger partial charge in [-0.15, -0.1) is 0 Å². The van der Waals surface area contributed by atoms with Crippen LogP contribution in [0.1, 0.15) is 27.2 Å². The van der Waals surface area contributed by atoms with Gasteiger partial charge in [0.1, 0.15) is 6.29 Å². The molecule has 1 aliphatic rings. The summed E-state index contributed by atoms with van der Waals surface area (Å²) < 4.78 is 0. The molecule has 0 fully saturated rings. The van der Waals surface area contributed by atoms with Gasteiger partial charge in [0.15, 0.2) is 0 Å². The van der Waals surface area contributed by atoms with Crippen LogP contribution in [0, 0.1) is 11.3 Å². The summed E-state index contributed by atoms with van der Waals surface area (Å²) in [6, 6.07) is 0. The van der Waals surface area contributed by atoms with E-state index in [9.17, 15) is 4.79 Å². The maximum atomic E-state index is 10.6. The highest BCUT2D eigenvalue weighted by molar-refractivity contribution is 6.31. The zero-order chi connectivity index (χ0) is 8.65. The molecule has 0 aromatic carbocycles. The first kappa shape index (κ1) is 8.79. The first-order valence-corrected chi connectivity index (χ1v) is 4.20. The lowest BCUT2D eigenvalue weighted by Gasteiger charge is -2.24. The molecule has 1 aliphatic carbocycles. The third kappa shape index (κ3) is 1.34. The van der Waals surface area contributed by atoms with Gasteiger partial charge in [-0.3, -0.25) is 4.79 Å². The standard InChI is InChI=1S/C9H13ClO/c1-6-7(5-11)8(10)4-9(6,2)3/h5-6H,4H2,1-3H3. The van der Waals surface area contributed by atoms with E-state index in [1.165, 1.54) is 0 Å². The van der Waals surface area contributed by atoms with E-state index in [1.54, 1.807) is 0 Å². The Hall–Kier alpha value is -0.300. The van der Waals surface area contributed by atoms with E-state index in [1.807, 2.05) is 0 Å². The molecule has 0 amide bonds. The number of hydrogen-bond donors (Lipinski definition) is 0. The van der Waals surface area contributed by atoms with E-state index in [4.69, 9.17) is 11.6 Å². The molecule has 0 saturated carbocycles. The monoisotopic (exact) mass is 172 g/mol. The highest BCUT2D eigenvalue weighted by Gasteiger charge is 2.36. The Balaban J connectivity index is 2.95. The summed E-state index contributed by atoms with van der Waals surface area (Å²) in [5.74, 6) is 0.299. The second-order valence-corrected chi connectivity index (χ2v) is 4.32. The molecule has 2 heteroatoms. The normalized spacial score (nSPS) is 29.3. The predicted octanol–water partition coefficient (Wildman–Crippen LogP) is 2.74. The average Bonchev–Trinajstić information content (AvgIpc) is 2.04. The molecule has 0 N–H and O–H groups in total. The van der Waals surface area contributed by atoms with Crippen molar-refractivity contribution in [2.75, 3.05) is 0 Å². The Bertz CT molecular complexity index is 216. The largest absolute Gasteiger partial charge is 0.298 e. The first-order valence-electron chi connectivity index (χ1n) is 3.83. The van der Waals surface area contributed by atoms with Gasteiger partial charge in [-0.2, -0.15) is 0 Å². The van der Waals surface area contributed by atoms with Gasteiger partial charge in [0, 0.05) is 10.6 Å². The number of carbonyl (C=O) groups excluding carboxylic acids is 1. The topological polar surface area (TPSA) is 17.1 Å². The van der Waals surface area contributed by atoms with Gasteiger partial charge in [-0.1, -0.05) is 32.4 Å². The predicted molar refractivity (Wildman–Crippen MR) is 46.5 cm³/mol. The van der Waals surface area contributed by atoms with Crippen LogP contribution < -0.4 is 0 Å². The molecule has 0 saturated heterocycles. The van der Waals surface area contributed by atoms with Crippen LogP contribution in [-0.4, -0.2) is 6.29 Å². The molecule has 0 aromatic heterocycles. The Morgan fingerprint density at radius 2 is 2.18 bits per heavy atom. The van der Waals surface area contributed by atoms with Crippen LogP contribution in [0.25, 0.3) is 0 Å². The summed E-state index contributed by atoms with van der Waals surface area (Å²) in [4.78, 5) is 10.6. The fourth-order valence-corrected chi connectivity index (χ4v) is 2.03. The third-order valence-corrected chi connectivity index (χ3v) is 3.04. The molecule has 0 bridgehead atoms. The molecule has 1 unspecified atom stereocenters. The van der Waals surface area contributed by atoms with Crippen molar-refractivity contribution in [1.29, 1.82) is 0 Å². The van der Waals surface area contributed by atoms with Crippen molar-refractivity contribution in [2.24, 2.45) is 11.3 Å². The molecule has 0 radical (unpaired) electrons. The zero-order valence-electron chi connectivity index (χ0n) is 7.15. The molecule has 0 heterocycles. The molecule has 0 aromatic rings. The van der Waals surface area contributed by atoms with Crippen molar-refractivity contribution in [1.82, 2.24) is 0 Å². The highest BCUT2D eigenvalue weighted by Crippen LogP contribution is 2.46. The van der Waals surface area contributed by atoms with Crippen molar-refractivity contribution in [3.05, 3.63) is 10.6 Å². The lowest BCUT2D eigenvalue weighted by molar-refractivity contribution is -0.105. The molecule has 62 valence electrons. The summed E-state index contributed by atoms with van der Waals surface area (Å²) in [5, 5.41) is 0.748. The Kier molecular flexibility index (Phi) is 2.10. The fraction of sp³-hybridized carbons (Fsp3) is 0.667. The van der Waals surface area contributed by atoms with Crippen LogP contribution in [0.4, 0.5) is 0 Å². The van der Waals surface area contributed by atoms with Gasteiger partial charge in [0.05, 0.1) is 0 Å². The van der Waals surface area contributed by atoms with E-state index in [0.29, 0.717) is 5.92 Å². The van der Waals surface area contributed by atoms with Crippen LogP contribution in [0.3, 0.4) is 0 Å². The third-order valence-electron chi connectivity index (χ3n) is 2.69. The van der Waals surface area contributed by atoms with Crippen LogP contribution in [0.2, 0.25) is 0 Å². The molecular formula is C9H13ClO. The lowest BCUT2D eigenvalue weighted by atomic mass is 9.80. The smallest absolute Gasteiger partial charge is 0.147 e. The van der Waals surface area contributed by atoms with Crippen LogP contribution in [0.15, 0.2) is 10.6 Å². The molecule has 1 nitrogen and oxygen atoms in total. The maximum absolute atomic E-state index is 10.6.